The Bertz CT molecular complexity index is 563. The average molecular weight is 310 g/mol. The van der Waals surface area contributed by atoms with E-state index in [1.165, 1.54) is 11.3 Å². The first kappa shape index (κ1) is 14.7. The number of carbonyl (C=O) groups is 1. The first-order chi connectivity index (χ1) is 9.69. The maximum absolute atomic E-state index is 10.7. The Hall–Kier alpha value is -1.66. The molecule has 2 aromatic rings. The van der Waals surface area contributed by atoms with Crippen LogP contribution in [0.1, 0.15) is 9.67 Å². The van der Waals surface area contributed by atoms with Crippen molar-refractivity contribution in [3.05, 3.63) is 40.6 Å². The molecule has 0 radical (unpaired) electrons. The molecule has 0 amide bonds. The molecule has 0 aliphatic rings. The predicted octanol–water partition coefficient (Wildman–Crippen LogP) is 3.63. The van der Waals surface area contributed by atoms with Crippen molar-refractivity contribution >= 4 is 29.1 Å². The van der Waals surface area contributed by atoms with E-state index in [0.29, 0.717) is 11.5 Å². The van der Waals surface area contributed by atoms with Crippen molar-refractivity contribution in [3.8, 4) is 11.5 Å². The molecule has 1 aromatic carbocycles. The molecule has 0 bridgehead atoms. The summed E-state index contributed by atoms with van der Waals surface area (Å²) in [6, 6.07) is 9.10. The molecule has 20 heavy (non-hydrogen) atoms. The SMILES string of the molecule is COc1ccc(OCCSc2csc(C(=O)O)c2)cc1. The van der Waals surface area contributed by atoms with Crippen LogP contribution >= 0.6 is 23.1 Å². The molecule has 0 saturated carbocycles. The van der Waals surface area contributed by atoms with E-state index in [-0.39, 0.29) is 0 Å². The summed E-state index contributed by atoms with van der Waals surface area (Å²) in [6.45, 7) is 0.565. The number of carboxylic acids is 1. The summed E-state index contributed by atoms with van der Waals surface area (Å²) in [5.74, 6) is 1.48. The molecule has 0 aliphatic carbocycles. The third-order valence-corrected chi connectivity index (χ3v) is 4.47. The van der Waals surface area contributed by atoms with Gasteiger partial charge in [0, 0.05) is 16.0 Å². The topological polar surface area (TPSA) is 55.8 Å². The van der Waals surface area contributed by atoms with Crippen LogP contribution in [0.25, 0.3) is 0 Å². The van der Waals surface area contributed by atoms with Crippen molar-refractivity contribution in [1.29, 1.82) is 0 Å². The molecule has 0 fully saturated rings. The molecular weight excluding hydrogens is 296 g/mol. The van der Waals surface area contributed by atoms with E-state index in [9.17, 15) is 4.79 Å². The molecule has 1 heterocycles. The van der Waals surface area contributed by atoms with Crippen LogP contribution < -0.4 is 9.47 Å². The van der Waals surface area contributed by atoms with Gasteiger partial charge in [-0.3, -0.25) is 0 Å². The summed E-state index contributed by atoms with van der Waals surface area (Å²) in [5.41, 5.74) is 0. The third kappa shape index (κ3) is 4.18. The van der Waals surface area contributed by atoms with Gasteiger partial charge in [-0.05, 0) is 30.3 Å². The Morgan fingerprint density at radius 1 is 1.30 bits per heavy atom. The maximum Gasteiger partial charge on any atom is 0.345 e. The first-order valence-electron chi connectivity index (χ1n) is 5.90. The molecule has 0 spiro atoms. The zero-order valence-electron chi connectivity index (χ0n) is 10.9. The van der Waals surface area contributed by atoms with Crippen molar-refractivity contribution in [3.63, 3.8) is 0 Å². The number of rotatable bonds is 7. The lowest BCUT2D eigenvalue weighted by atomic mass is 10.3. The van der Waals surface area contributed by atoms with Gasteiger partial charge in [-0.2, -0.15) is 0 Å². The quantitative estimate of drug-likeness (QED) is 0.625. The normalized spacial score (nSPS) is 10.2. The van der Waals surface area contributed by atoms with Crippen molar-refractivity contribution in [2.45, 2.75) is 4.90 Å². The van der Waals surface area contributed by atoms with Gasteiger partial charge in [0.2, 0.25) is 0 Å². The van der Waals surface area contributed by atoms with Crippen LogP contribution in [0, 0.1) is 0 Å². The molecule has 0 atom stereocenters. The number of benzene rings is 1. The Morgan fingerprint density at radius 2 is 2.00 bits per heavy atom. The average Bonchev–Trinajstić information content (AvgIpc) is 2.93. The van der Waals surface area contributed by atoms with Crippen LogP contribution in [0.4, 0.5) is 0 Å². The Labute approximate surface area is 125 Å². The minimum atomic E-state index is -0.878. The van der Waals surface area contributed by atoms with Crippen LogP contribution in [-0.2, 0) is 0 Å². The summed E-state index contributed by atoms with van der Waals surface area (Å²) in [4.78, 5) is 12.1. The van der Waals surface area contributed by atoms with Gasteiger partial charge in [0.15, 0.2) is 0 Å². The second kappa shape index (κ2) is 7.21. The Balaban J connectivity index is 1.73. The van der Waals surface area contributed by atoms with E-state index in [1.54, 1.807) is 24.9 Å². The molecule has 1 N–H and O–H groups in total. The van der Waals surface area contributed by atoms with Crippen LogP contribution in [0.5, 0.6) is 11.5 Å². The van der Waals surface area contributed by atoms with E-state index < -0.39 is 5.97 Å². The molecular formula is C14H14O4S2. The standard InChI is InChI=1S/C14H14O4S2/c1-17-10-2-4-11(5-3-10)18-6-7-19-12-8-13(14(15)16)20-9-12/h2-5,8-9H,6-7H2,1H3,(H,15,16). The first-order valence-corrected chi connectivity index (χ1v) is 7.77. The number of thiophene rings is 1. The van der Waals surface area contributed by atoms with Gasteiger partial charge in [-0.1, -0.05) is 0 Å². The fourth-order valence-corrected chi connectivity index (χ4v) is 3.20. The zero-order valence-corrected chi connectivity index (χ0v) is 12.5. The van der Waals surface area contributed by atoms with E-state index in [0.717, 1.165) is 22.1 Å². The largest absolute Gasteiger partial charge is 0.497 e. The second-order valence-corrected chi connectivity index (χ2v) is 5.90. The van der Waals surface area contributed by atoms with Gasteiger partial charge in [-0.15, -0.1) is 23.1 Å². The highest BCUT2D eigenvalue weighted by molar-refractivity contribution is 7.99. The number of hydrogen-bond donors (Lipinski definition) is 1. The lowest BCUT2D eigenvalue weighted by Crippen LogP contribution is -1.99. The summed E-state index contributed by atoms with van der Waals surface area (Å²) in [5, 5.41) is 10.7. The highest BCUT2D eigenvalue weighted by Crippen LogP contribution is 2.25. The number of methoxy groups -OCH3 is 1. The van der Waals surface area contributed by atoms with Gasteiger partial charge in [0.1, 0.15) is 16.4 Å². The number of carboxylic acid groups (broad SMARTS) is 1. The van der Waals surface area contributed by atoms with Crippen LogP contribution in [0.15, 0.2) is 40.6 Å². The van der Waals surface area contributed by atoms with Crippen LogP contribution in [0.3, 0.4) is 0 Å². The van der Waals surface area contributed by atoms with Gasteiger partial charge < -0.3 is 14.6 Å². The van der Waals surface area contributed by atoms with Crippen molar-refractivity contribution in [1.82, 2.24) is 0 Å². The fourth-order valence-electron chi connectivity index (χ4n) is 1.50. The molecule has 106 valence electrons. The summed E-state index contributed by atoms with van der Waals surface area (Å²) in [6.07, 6.45) is 0. The van der Waals surface area contributed by atoms with Gasteiger partial charge >= 0.3 is 5.97 Å². The van der Waals surface area contributed by atoms with Crippen molar-refractivity contribution in [2.75, 3.05) is 19.5 Å². The van der Waals surface area contributed by atoms with E-state index in [1.807, 2.05) is 29.6 Å². The number of aromatic carboxylic acids is 1. The summed E-state index contributed by atoms with van der Waals surface area (Å²) >= 11 is 2.82. The monoisotopic (exact) mass is 310 g/mol. The maximum atomic E-state index is 10.7. The molecule has 0 aliphatic heterocycles. The van der Waals surface area contributed by atoms with Crippen molar-refractivity contribution < 1.29 is 19.4 Å². The van der Waals surface area contributed by atoms with E-state index in [2.05, 4.69) is 0 Å². The van der Waals surface area contributed by atoms with Crippen molar-refractivity contribution in [2.24, 2.45) is 0 Å². The Morgan fingerprint density at radius 3 is 2.60 bits per heavy atom. The summed E-state index contributed by atoms with van der Waals surface area (Å²) < 4.78 is 10.7. The minimum Gasteiger partial charge on any atom is -0.497 e. The lowest BCUT2D eigenvalue weighted by molar-refractivity contribution is 0.0702. The third-order valence-electron chi connectivity index (χ3n) is 2.47. The van der Waals surface area contributed by atoms with Gasteiger partial charge in [-0.25, -0.2) is 4.79 Å². The van der Waals surface area contributed by atoms with Gasteiger partial charge in [0.05, 0.1) is 13.7 Å². The second-order valence-electron chi connectivity index (χ2n) is 3.82. The zero-order chi connectivity index (χ0) is 14.4. The molecule has 6 heteroatoms. The molecule has 0 unspecified atom stereocenters. The molecule has 1 aromatic heterocycles. The minimum absolute atomic E-state index is 0.364. The predicted molar refractivity (Wildman–Crippen MR) is 80.5 cm³/mol. The van der Waals surface area contributed by atoms with Crippen LogP contribution in [0.2, 0.25) is 0 Å². The number of thioether (sulfide) groups is 1. The van der Waals surface area contributed by atoms with E-state index in [4.69, 9.17) is 14.6 Å². The highest BCUT2D eigenvalue weighted by Gasteiger charge is 2.06. The van der Waals surface area contributed by atoms with Crippen LogP contribution in [-0.4, -0.2) is 30.5 Å². The Kier molecular flexibility index (Phi) is 5.31. The highest BCUT2D eigenvalue weighted by atomic mass is 32.2. The molecule has 2 rings (SSSR count). The van der Waals surface area contributed by atoms with Gasteiger partial charge in [0.25, 0.3) is 0 Å². The summed E-state index contributed by atoms with van der Waals surface area (Å²) in [7, 11) is 1.62. The smallest absolute Gasteiger partial charge is 0.345 e. The number of ether oxygens (including phenoxy) is 2. The number of hydrogen-bond acceptors (Lipinski definition) is 5. The fraction of sp³-hybridized carbons (Fsp3) is 0.214. The molecule has 0 saturated heterocycles. The van der Waals surface area contributed by atoms with E-state index >= 15 is 0 Å². The molecule has 4 nitrogen and oxygen atoms in total. The lowest BCUT2D eigenvalue weighted by Gasteiger charge is -2.06.